The number of hydrogen-bond donors (Lipinski definition) is 2. The topological polar surface area (TPSA) is 119 Å². The van der Waals surface area contributed by atoms with Gasteiger partial charge < -0.3 is 19.3 Å². The molecule has 0 radical (unpaired) electrons. The van der Waals surface area contributed by atoms with Crippen LogP contribution in [0.15, 0.2) is 72.9 Å². The van der Waals surface area contributed by atoms with Crippen molar-refractivity contribution in [1.29, 1.82) is 0 Å². The predicted molar refractivity (Wildman–Crippen MR) is 216 cm³/mol. The molecule has 0 aromatic rings. The zero-order valence-corrected chi connectivity index (χ0v) is 33.6. The van der Waals surface area contributed by atoms with E-state index in [1.807, 2.05) is 36.5 Å². The Balaban J connectivity index is 3.97. The van der Waals surface area contributed by atoms with Crippen LogP contribution in [0.5, 0.6) is 0 Å². The van der Waals surface area contributed by atoms with E-state index in [2.05, 4.69) is 54.8 Å². The lowest BCUT2D eigenvalue weighted by molar-refractivity contribution is -0.161. The number of hydrogen-bond acceptors (Lipinski definition) is 6. The number of esters is 2. The number of phosphoric acid groups is 1. The average Bonchev–Trinajstić information content (AvgIpc) is 3.11. The Hall–Kier alpha value is -2.51. The molecule has 0 aliphatic rings. The Morgan fingerprint density at radius 2 is 1.00 bits per heavy atom. The summed E-state index contributed by atoms with van der Waals surface area (Å²) in [6.45, 7) is 3.49. The third kappa shape index (κ3) is 40.3. The Morgan fingerprint density at radius 1 is 0.538 bits per heavy atom. The molecular weight excluding hydrogens is 675 g/mol. The van der Waals surface area contributed by atoms with Gasteiger partial charge in [-0.05, 0) is 64.2 Å². The molecule has 0 aromatic carbocycles. The first-order valence-corrected chi connectivity index (χ1v) is 21.8. The van der Waals surface area contributed by atoms with Crippen LogP contribution in [0.25, 0.3) is 0 Å². The fraction of sp³-hybridized carbons (Fsp3) is 0.674. The van der Waals surface area contributed by atoms with Crippen LogP contribution >= 0.6 is 7.82 Å². The predicted octanol–water partition coefficient (Wildman–Crippen LogP) is 12.3. The van der Waals surface area contributed by atoms with Crippen molar-refractivity contribution < 1.29 is 37.9 Å². The fourth-order valence-corrected chi connectivity index (χ4v) is 5.66. The molecule has 52 heavy (non-hydrogen) atoms. The lowest BCUT2D eigenvalue weighted by Gasteiger charge is -2.18. The van der Waals surface area contributed by atoms with Crippen molar-refractivity contribution in [2.75, 3.05) is 13.2 Å². The van der Waals surface area contributed by atoms with Crippen molar-refractivity contribution >= 4 is 19.8 Å². The highest BCUT2D eigenvalue weighted by Crippen LogP contribution is 2.36. The smallest absolute Gasteiger partial charge is 0.462 e. The Morgan fingerprint density at radius 3 is 1.54 bits per heavy atom. The molecule has 0 unspecified atom stereocenters. The molecule has 0 spiro atoms. The van der Waals surface area contributed by atoms with Crippen molar-refractivity contribution in [3.05, 3.63) is 72.9 Å². The van der Waals surface area contributed by atoms with Gasteiger partial charge in [-0.25, -0.2) is 4.57 Å². The van der Waals surface area contributed by atoms with Crippen molar-refractivity contribution in [1.82, 2.24) is 0 Å². The van der Waals surface area contributed by atoms with Crippen LogP contribution in [-0.4, -0.2) is 41.0 Å². The highest BCUT2D eigenvalue weighted by molar-refractivity contribution is 7.46. The van der Waals surface area contributed by atoms with E-state index in [1.165, 1.54) is 57.8 Å². The van der Waals surface area contributed by atoms with Crippen molar-refractivity contribution in [3.63, 3.8) is 0 Å². The van der Waals surface area contributed by atoms with E-state index < -0.39 is 32.5 Å². The van der Waals surface area contributed by atoms with E-state index >= 15 is 0 Å². The Bertz CT molecular complexity index is 1070. The number of carbonyl (C=O) groups excluding carboxylic acids is 2. The Labute approximate surface area is 317 Å². The van der Waals surface area contributed by atoms with Gasteiger partial charge in [-0.3, -0.25) is 14.1 Å². The molecule has 2 N–H and O–H groups in total. The number of unbranched alkanes of at least 4 members (excludes halogenated alkanes) is 17. The van der Waals surface area contributed by atoms with Crippen LogP contribution in [0.2, 0.25) is 0 Å². The summed E-state index contributed by atoms with van der Waals surface area (Å²) in [4.78, 5) is 42.8. The zero-order chi connectivity index (χ0) is 38.2. The molecule has 298 valence electrons. The highest BCUT2D eigenvalue weighted by Gasteiger charge is 2.22. The molecule has 0 fully saturated rings. The van der Waals surface area contributed by atoms with Crippen molar-refractivity contribution in [2.24, 2.45) is 0 Å². The van der Waals surface area contributed by atoms with E-state index in [0.29, 0.717) is 12.8 Å². The van der Waals surface area contributed by atoms with Gasteiger partial charge >= 0.3 is 19.8 Å². The fourth-order valence-electron chi connectivity index (χ4n) is 5.30. The van der Waals surface area contributed by atoms with E-state index in [9.17, 15) is 14.2 Å². The second-order valence-electron chi connectivity index (χ2n) is 13.3. The second-order valence-corrected chi connectivity index (χ2v) is 14.6. The van der Waals surface area contributed by atoms with E-state index in [4.69, 9.17) is 19.3 Å². The number of ether oxygens (including phenoxy) is 2. The normalized spacial score (nSPS) is 13.2. The van der Waals surface area contributed by atoms with Gasteiger partial charge in [0.25, 0.3) is 0 Å². The first-order valence-electron chi connectivity index (χ1n) is 20.3. The van der Waals surface area contributed by atoms with E-state index in [-0.39, 0.29) is 19.4 Å². The second kappa shape index (κ2) is 38.2. The molecule has 0 saturated heterocycles. The third-order valence-electron chi connectivity index (χ3n) is 8.30. The minimum atomic E-state index is -4.76. The molecular formula is C43H73O8P. The molecule has 0 heterocycles. The van der Waals surface area contributed by atoms with Crippen LogP contribution in [-0.2, 0) is 28.2 Å². The van der Waals surface area contributed by atoms with Gasteiger partial charge in [0.2, 0.25) is 0 Å². The summed E-state index contributed by atoms with van der Waals surface area (Å²) in [5.74, 6) is -0.922. The summed E-state index contributed by atoms with van der Waals surface area (Å²) in [7, 11) is -4.76. The van der Waals surface area contributed by atoms with Gasteiger partial charge in [-0.2, -0.15) is 0 Å². The largest absolute Gasteiger partial charge is 0.469 e. The van der Waals surface area contributed by atoms with Crippen LogP contribution in [0.1, 0.15) is 168 Å². The van der Waals surface area contributed by atoms with Gasteiger partial charge in [0, 0.05) is 12.8 Å². The molecule has 9 heteroatoms. The maximum absolute atomic E-state index is 12.4. The molecule has 0 aliphatic carbocycles. The molecule has 0 rings (SSSR count). The SMILES string of the molecule is CC/C=C/C=C/C=C/C=C/CCCCCCCC(=O)O[C@H](COC(=O)CCCCCCCCCCC/C=C/C/C=C/CCCCC)COP(=O)(O)O. The van der Waals surface area contributed by atoms with Crippen LogP contribution in [0.4, 0.5) is 0 Å². The van der Waals surface area contributed by atoms with Gasteiger partial charge in [-0.1, -0.05) is 164 Å². The van der Waals surface area contributed by atoms with Crippen LogP contribution in [0.3, 0.4) is 0 Å². The number of carbonyl (C=O) groups is 2. The molecule has 8 nitrogen and oxygen atoms in total. The summed E-state index contributed by atoms with van der Waals surface area (Å²) in [6, 6.07) is 0. The molecule has 0 bridgehead atoms. The van der Waals surface area contributed by atoms with Gasteiger partial charge in [-0.15, -0.1) is 0 Å². The van der Waals surface area contributed by atoms with E-state index in [0.717, 1.165) is 70.6 Å². The lowest BCUT2D eigenvalue weighted by atomic mass is 10.1. The molecule has 0 aromatic heterocycles. The van der Waals surface area contributed by atoms with Crippen LogP contribution < -0.4 is 0 Å². The number of allylic oxidation sites excluding steroid dienone is 12. The third-order valence-corrected chi connectivity index (χ3v) is 8.79. The van der Waals surface area contributed by atoms with E-state index in [1.54, 1.807) is 0 Å². The summed E-state index contributed by atoms with van der Waals surface area (Å²) in [5.41, 5.74) is 0. The molecule has 0 aliphatic heterocycles. The molecule has 0 saturated carbocycles. The first-order chi connectivity index (χ1) is 25.3. The quantitative estimate of drug-likeness (QED) is 0.0214. The first kappa shape index (κ1) is 49.5. The van der Waals surface area contributed by atoms with Gasteiger partial charge in [0.1, 0.15) is 6.61 Å². The zero-order valence-electron chi connectivity index (χ0n) is 32.7. The molecule has 1 atom stereocenters. The minimum absolute atomic E-state index is 0.181. The number of rotatable bonds is 36. The lowest BCUT2D eigenvalue weighted by Crippen LogP contribution is -2.29. The summed E-state index contributed by atoms with van der Waals surface area (Å²) < 4.78 is 26.3. The van der Waals surface area contributed by atoms with Gasteiger partial charge in [0.05, 0.1) is 6.61 Å². The van der Waals surface area contributed by atoms with Gasteiger partial charge in [0.15, 0.2) is 6.10 Å². The molecule has 0 amide bonds. The standard InChI is InChI=1S/C43H73O8P/c1-3-5-7-9-11-13-15-17-19-20-21-22-24-25-27-29-31-33-35-37-42(44)49-39-41(40-50-52(46,47)48)51-43(45)38-36-34-32-30-28-26-23-18-16-14-12-10-8-6-4-2/h6,8,10-14,16-19,23,41H,3-5,7,9,15,20-22,24-40H2,1-2H3,(H2,46,47,48)/b8-6+,12-10+,13-11+,16-14+,19-17+,23-18+/t41-/m1/s1. The average molecular weight is 749 g/mol. The van der Waals surface area contributed by atoms with Crippen molar-refractivity contribution in [2.45, 2.75) is 174 Å². The summed E-state index contributed by atoms with van der Waals surface area (Å²) in [5, 5.41) is 0. The number of phosphoric ester groups is 1. The minimum Gasteiger partial charge on any atom is -0.462 e. The van der Waals surface area contributed by atoms with Crippen LogP contribution in [0, 0.1) is 0 Å². The summed E-state index contributed by atoms with van der Waals surface area (Å²) >= 11 is 0. The maximum Gasteiger partial charge on any atom is 0.469 e. The monoisotopic (exact) mass is 749 g/mol. The summed E-state index contributed by atoms with van der Waals surface area (Å²) in [6.07, 6.45) is 49.0. The maximum atomic E-state index is 12.4. The highest BCUT2D eigenvalue weighted by atomic mass is 31.2. The van der Waals surface area contributed by atoms with Crippen molar-refractivity contribution in [3.8, 4) is 0 Å². The Kier molecular flexibility index (Phi) is 36.4.